The standard InChI is InChI=1S/C10H9N5O2S/c1-2-17-10(16)7-5(12)6-9(18-7)15-8(13)4(3-11)14-6/h2,12H2,1H3,(H2,13,15). The Balaban J connectivity index is 2.64. The SMILES string of the molecule is CCOC(=O)c1sc2nc(N)c(C#N)nc2c1N. The number of anilines is 2. The lowest BCUT2D eigenvalue weighted by molar-refractivity contribution is 0.0533. The topological polar surface area (TPSA) is 128 Å². The van der Waals surface area contributed by atoms with Gasteiger partial charge in [0.15, 0.2) is 11.5 Å². The second-order valence-corrected chi connectivity index (χ2v) is 4.29. The lowest BCUT2D eigenvalue weighted by atomic mass is 10.3. The van der Waals surface area contributed by atoms with Crippen LogP contribution in [0.15, 0.2) is 0 Å². The first-order chi connectivity index (χ1) is 8.58. The molecule has 0 aromatic carbocycles. The Kier molecular flexibility index (Phi) is 2.99. The largest absolute Gasteiger partial charge is 0.462 e. The third kappa shape index (κ3) is 1.80. The number of rotatable bonds is 2. The molecule has 18 heavy (non-hydrogen) atoms. The van der Waals surface area contributed by atoms with E-state index in [1.165, 1.54) is 0 Å². The molecule has 2 heterocycles. The van der Waals surface area contributed by atoms with Gasteiger partial charge < -0.3 is 16.2 Å². The number of nitrogens with two attached hydrogens (primary N) is 2. The van der Waals surface area contributed by atoms with E-state index in [2.05, 4.69) is 9.97 Å². The van der Waals surface area contributed by atoms with E-state index < -0.39 is 5.97 Å². The van der Waals surface area contributed by atoms with Gasteiger partial charge in [-0.1, -0.05) is 0 Å². The predicted molar refractivity (Wildman–Crippen MR) is 66.9 cm³/mol. The highest BCUT2D eigenvalue weighted by Gasteiger charge is 2.20. The summed E-state index contributed by atoms with van der Waals surface area (Å²) in [5.41, 5.74) is 11.8. The Hall–Kier alpha value is -2.40. The molecule has 0 bridgehead atoms. The summed E-state index contributed by atoms with van der Waals surface area (Å²) < 4.78 is 4.86. The molecular formula is C10H9N5O2S. The molecule has 0 amide bonds. The van der Waals surface area contributed by atoms with Crippen molar-refractivity contribution in [3.05, 3.63) is 10.6 Å². The zero-order valence-corrected chi connectivity index (χ0v) is 10.2. The highest BCUT2D eigenvalue weighted by atomic mass is 32.1. The average molecular weight is 263 g/mol. The maximum atomic E-state index is 11.6. The fourth-order valence-electron chi connectivity index (χ4n) is 1.37. The van der Waals surface area contributed by atoms with Gasteiger partial charge in [-0.15, -0.1) is 11.3 Å². The van der Waals surface area contributed by atoms with Gasteiger partial charge in [0.2, 0.25) is 0 Å². The van der Waals surface area contributed by atoms with Crippen LogP contribution in [0.25, 0.3) is 10.3 Å². The molecule has 0 aliphatic heterocycles. The van der Waals surface area contributed by atoms with Gasteiger partial charge in [-0.3, -0.25) is 0 Å². The molecule has 8 heteroatoms. The third-order valence-electron chi connectivity index (χ3n) is 2.16. The normalized spacial score (nSPS) is 10.2. The molecule has 7 nitrogen and oxygen atoms in total. The van der Waals surface area contributed by atoms with Gasteiger partial charge in [0.1, 0.15) is 21.3 Å². The quantitative estimate of drug-likeness (QED) is 0.770. The average Bonchev–Trinajstić information content (AvgIpc) is 2.65. The van der Waals surface area contributed by atoms with Crippen LogP contribution in [0.1, 0.15) is 22.3 Å². The minimum Gasteiger partial charge on any atom is -0.462 e. The highest BCUT2D eigenvalue weighted by Crippen LogP contribution is 2.32. The molecule has 0 spiro atoms. The molecule has 0 saturated carbocycles. The first-order valence-electron chi connectivity index (χ1n) is 5.01. The summed E-state index contributed by atoms with van der Waals surface area (Å²) in [6, 6.07) is 1.81. The van der Waals surface area contributed by atoms with Crippen molar-refractivity contribution in [2.45, 2.75) is 6.92 Å². The lowest BCUT2D eigenvalue weighted by Crippen LogP contribution is -2.05. The van der Waals surface area contributed by atoms with Gasteiger partial charge in [-0.25, -0.2) is 14.8 Å². The third-order valence-corrected chi connectivity index (χ3v) is 3.22. The van der Waals surface area contributed by atoms with Gasteiger partial charge in [-0.05, 0) is 6.92 Å². The van der Waals surface area contributed by atoms with Gasteiger partial charge in [0.05, 0.1) is 12.3 Å². The van der Waals surface area contributed by atoms with Gasteiger partial charge in [0, 0.05) is 0 Å². The molecule has 0 aliphatic carbocycles. The van der Waals surface area contributed by atoms with Crippen molar-refractivity contribution in [3.8, 4) is 6.07 Å². The molecule has 2 aromatic rings. The summed E-state index contributed by atoms with van der Waals surface area (Å²) in [5, 5.41) is 8.81. The Morgan fingerprint density at radius 3 is 2.83 bits per heavy atom. The smallest absolute Gasteiger partial charge is 0.350 e. The summed E-state index contributed by atoms with van der Waals surface area (Å²) >= 11 is 1.04. The molecular weight excluding hydrogens is 254 g/mol. The van der Waals surface area contributed by atoms with Crippen LogP contribution < -0.4 is 11.5 Å². The molecule has 0 saturated heterocycles. The summed E-state index contributed by atoms with van der Waals surface area (Å²) in [6.45, 7) is 1.95. The van der Waals surface area contributed by atoms with Crippen LogP contribution in [0, 0.1) is 11.3 Å². The van der Waals surface area contributed by atoms with E-state index in [4.69, 9.17) is 21.5 Å². The molecule has 0 aliphatic rings. The van der Waals surface area contributed by atoms with Crippen molar-refractivity contribution >= 4 is 39.2 Å². The number of fused-ring (bicyclic) bond motifs is 1. The van der Waals surface area contributed by atoms with Crippen molar-refractivity contribution < 1.29 is 9.53 Å². The molecule has 0 unspecified atom stereocenters. The molecule has 92 valence electrons. The van der Waals surface area contributed by atoms with Crippen molar-refractivity contribution in [2.75, 3.05) is 18.1 Å². The van der Waals surface area contributed by atoms with Gasteiger partial charge in [0.25, 0.3) is 0 Å². The fraction of sp³-hybridized carbons (Fsp3) is 0.200. The summed E-state index contributed by atoms with van der Waals surface area (Å²) in [6.07, 6.45) is 0. The number of thiophene rings is 1. The Labute approximate surface area is 106 Å². The van der Waals surface area contributed by atoms with Crippen LogP contribution in [0.4, 0.5) is 11.5 Å². The number of nitrogen functional groups attached to an aromatic ring is 2. The molecule has 2 rings (SSSR count). The number of aromatic nitrogens is 2. The number of hydrogen-bond acceptors (Lipinski definition) is 8. The first kappa shape index (κ1) is 12.1. The van der Waals surface area contributed by atoms with E-state index in [-0.39, 0.29) is 28.7 Å². The van der Waals surface area contributed by atoms with Gasteiger partial charge >= 0.3 is 5.97 Å². The van der Waals surface area contributed by atoms with Gasteiger partial charge in [-0.2, -0.15) is 5.26 Å². The maximum Gasteiger partial charge on any atom is 0.350 e. The van der Waals surface area contributed by atoms with E-state index in [0.717, 1.165) is 11.3 Å². The maximum absolute atomic E-state index is 11.6. The number of ether oxygens (including phenoxy) is 1. The molecule has 4 N–H and O–H groups in total. The van der Waals surface area contributed by atoms with Crippen molar-refractivity contribution in [2.24, 2.45) is 0 Å². The van der Waals surface area contributed by atoms with E-state index in [9.17, 15) is 4.79 Å². The Morgan fingerprint density at radius 2 is 2.22 bits per heavy atom. The van der Waals surface area contributed by atoms with Crippen molar-refractivity contribution in [1.82, 2.24) is 9.97 Å². The summed E-state index contributed by atoms with van der Waals surface area (Å²) in [4.78, 5) is 20.2. The van der Waals surface area contributed by atoms with Crippen molar-refractivity contribution in [1.29, 1.82) is 5.26 Å². The Morgan fingerprint density at radius 1 is 1.50 bits per heavy atom. The summed E-state index contributed by atoms with van der Waals surface area (Å²) in [7, 11) is 0. The first-order valence-corrected chi connectivity index (χ1v) is 5.82. The van der Waals surface area contributed by atoms with Crippen LogP contribution in [0.2, 0.25) is 0 Å². The number of carbonyl (C=O) groups is 1. The van der Waals surface area contributed by atoms with Crippen LogP contribution in [0.3, 0.4) is 0 Å². The zero-order chi connectivity index (χ0) is 13.3. The van der Waals surface area contributed by atoms with E-state index >= 15 is 0 Å². The van der Waals surface area contributed by atoms with E-state index in [1.54, 1.807) is 6.92 Å². The second kappa shape index (κ2) is 4.46. The van der Waals surface area contributed by atoms with E-state index in [1.807, 2.05) is 6.07 Å². The van der Waals surface area contributed by atoms with E-state index in [0.29, 0.717) is 10.3 Å². The van der Waals surface area contributed by atoms with Crippen LogP contribution in [-0.2, 0) is 4.74 Å². The van der Waals surface area contributed by atoms with Crippen molar-refractivity contribution in [3.63, 3.8) is 0 Å². The molecule has 2 aromatic heterocycles. The number of nitrogens with zero attached hydrogens (tertiary/aromatic N) is 3. The fourth-order valence-corrected chi connectivity index (χ4v) is 2.31. The molecule has 0 fully saturated rings. The predicted octanol–water partition coefficient (Wildman–Crippen LogP) is 0.904. The number of hydrogen-bond donors (Lipinski definition) is 2. The summed E-state index contributed by atoms with van der Waals surface area (Å²) in [5.74, 6) is -0.515. The number of nitriles is 1. The minimum absolute atomic E-state index is 0.0117. The van der Waals surface area contributed by atoms with Crippen LogP contribution in [-0.4, -0.2) is 22.5 Å². The minimum atomic E-state index is -0.531. The molecule has 0 atom stereocenters. The lowest BCUT2D eigenvalue weighted by Gasteiger charge is -1.98. The number of carbonyl (C=O) groups excluding carboxylic acids is 1. The van der Waals surface area contributed by atoms with Crippen LogP contribution in [0.5, 0.6) is 0 Å². The second-order valence-electron chi connectivity index (χ2n) is 3.29. The number of esters is 1. The highest BCUT2D eigenvalue weighted by molar-refractivity contribution is 7.21. The Bertz CT molecular complexity index is 673. The monoisotopic (exact) mass is 263 g/mol. The zero-order valence-electron chi connectivity index (χ0n) is 9.43. The van der Waals surface area contributed by atoms with Crippen LogP contribution >= 0.6 is 11.3 Å². The molecule has 0 radical (unpaired) electrons.